The second-order valence-corrected chi connectivity index (χ2v) is 5.17. The minimum Gasteiger partial charge on any atom is -0.438 e. The topological polar surface area (TPSA) is 81.0 Å². The van der Waals surface area contributed by atoms with E-state index in [-0.39, 0.29) is 11.4 Å². The zero-order chi connectivity index (χ0) is 12.4. The number of ether oxygens (including phenoxy) is 1. The monoisotopic (exact) mass is 407 g/mol. The highest BCUT2D eigenvalue weighted by molar-refractivity contribution is 14.1. The van der Waals surface area contributed by atoms with Crippen LogP contribution in [-0.4, -0.2) is 9.97 Å². The van der Waals surface area contributed by atoms with Crippen LogP contribution in [0.25, 0.3) is 0 Å². The number of aromatic nitrogens is 2. The standard InChI is InChI=1S/C10H7BrIN3O2/c11-5-1-6(13)3-7(2-5)17-10-8(12)9(16)14-4-15-10/h1-4H,13H2,(H,14,15,16). The van der Waals surface area contributed by atoms with Crippen LogP contribution in [0.2, 0.25) is 0 Å². The number of halogens is 2. The van der Waals surface area contributed by atoms with Gasteiger partial charge in [-0.1, -0.05) is 15.9 Å². The Morgan fingerprint density at radius 3 is 2.88 bits per heavy atom. The van der Waals surface area contributed by atoms with E-state index >= 15 is 0 Å². The molecule has 5 nitrogen and oxygen atoms in total. The number of hydrogen-bond donors (Lipinski definition) is 2. The molecule has 1 aromatic heterocycles. The van der Waals surface area contributed by atoms with Gasteiger partial charge in [-0.2, -0.15) is 0 Å². The van der Waals surface area contributed by atoms with E-state index in [0.717, 1.165) is 4.47 Å². The molecule has 1 aromatic carbocycles. The van der Waals surface area contributed by atoms with Crippen molar-refractivity contribution in [2.45, 2.75) is 0 Å². The van der Waals surface area contributed by atoms with Crippen LogP contribution >= 0.6 is 38.5 Å². The molecule has 2 rings (SSSR count). The number of nitrogens with one attached hydrogen (secondary N) is 1. The predicted octanol–water partition coefficient (Wildman–Crippen LogP) is 2.51. The van der Waals surface area contributed by atoms with Crippen molar-refractivity contribution in [3.63, 3.8) is 0 Å². The number of anilines is 1. The van der Waals surface area contributed by atoms with Crippen molar-refractivity contribution >= 4 is 44.2 Å². The van der Waals surface area contributed by atoms with Gasteiger partial charge in [0.15, 0.2) is 0 Å². The molecule has 0 fully saturated rings. The molecule has 88 valence electrons. The highest BCUT2D eigenvalue weighted by atomic mass is 127. The zero-order valence-corrected chi connectivity index (χ0v) is 12.1. The first-order chi connectivity index (χ1) is 8.06. The van der Waals surface area contributed by atoms with Crippen LogP contribution in [0.1, 0.15) is 0 Å². The smallest absolute Gasteiger partial charge is 0.268 e. The maximum atomic E-state index is 11.3. The molecule has 0 spiro atoms. The van der Waals surface area contributed by atoms with Gasteiger partial charge in [0.05, 0.1) is 6.33 Å². The van der Waals surface area contributed by atoms with E-state index in [1.54, 1.807) is 18.2 Å². The van der Waals surface area contributed by atoms with Crippen molar-refractivity contribution in [3.8, 4) is 11.6 Å². The zero-order valence-electron chi connectivity index (χ0n) is 8.41. The fraction of sp³-hybridized carbons (Fsp3) is 0. The molecule has 2 aromatic rings. The molecule has 0 atom stereocenters. The summed E-state index contributed by atoms with van der Waals surface area (Å²) in [6, 6.07) is 5.15. The van der Waals surface area contributed by atoms with Gasteiger partial charge in [0.1, 0.15) is 9.32 Å². The number of rotatable bonds is 2. The molecule has 1 heterocycles. The summed E-state index contributed by atoms with van der Waals surface area (Å²) in [5.41, 5.74) is 6.01. The van der Waals surface area contributed by atoms with Crippen molar-refractivity contribution < 1.29 is 4.74 Å². The normalized spacial score (nSPS) is 10.2. The lowest BCUT2D eigenvalue weighted by Crippen LogP contribution is -2.11. The molecule has 0 radical (unpaired) electrons. The Balaban J connectivity index is 2.38. The Kier molecular flexibility index (Phi) is 3.67. The largest absolute Gasteiger partial charge is 0.438 e. The fourth-order valence-electron chi connectivity index (χ4n) is 1.19. The Bertz CT molecular complexity index is 594. The van der Waals surface area contributed by atoms with Gasteiger partial charge in [0.2, 0.25) is 5.88 Å². The molecule has 0 unspecified atom stereocenters. The lowest BCUT2D eigenvalue weighted by molar-refractivity contribution is 0.456. The molecule has 0 saturated carbocycles. The van der Waals surface area contributed by atoms with Crippen LogP contribution in [-0.2, 0) is 0 Å². The van der Waals surface area contributed by atoms with E-state index in [1.807, 2.05) is 22.6 Å². The average Bonchev–Trinajstić information content (AvgIpc) is 2.23. The Labute approximate surface area is 119 Å². The number of nitrogens with two attached hydrogens (primary N) is 1. The second-order valence-electron chi connectivity index (χ2n) is 3.17. The summed E-state index contributed by atoms with van der Waals surface area (Å²) < 4.78 is 6.69. The minimum atomic E-state index is -0.237. The Morgan fingerprint density at radius 1 is 1.41 bits per heavy atom. The highest BCUT2D eigenvalue weighted by Gasteiger charge is 2.08. The average molecular weight is 408 g/mol. The third kappa shape index (κ3) is 2.97. The number of hydrogen-bond acceptors (Lipinski definition) is 4. The molecular formula is C10H7BrIN3O2. The van der Waals surface area contributed by atoms with Crippen molar-refractivity contribution in [3.05, 3.63) is 42.9 Å². The highest BCUT2D eigenvalue weighted by Crippen LogP contribution is 2.27. The summed E-state index contributed by atoms with van der Waals surface area (Å²) in [6.07, 6.45) is 1.29. The van der Waals surface area contributed by atoms with Crippen molar-refractivity contribution in [1.82, 2.24) is 9.97 Å². The number of benzene rings is 1. The molecule has 0 saturated heterocycles. The van der Waals surface area contributed by atoms with Gasteiger partial charge in [-0.25, -0.2) is 4.98 Å². The summed E-state index contributed by atoms with van der Waals surface area (Å²) in [7, 11) is 0. The van der Waals surface area contributed by atoms with E-state index in [9.17, 15) is 4.79 Å². The van der Waals surface area contributed by atoms with Gasteiger partial charge in [0.25, 0.3) is 5.56 Å². The second kappa shape index (κ2) is 5.05. The van der Waals surface area contributed by atoms with E-state index < -0.39 is 0 Å². The van der Waals surface area contributed by atoms with E-state index in [0.29, 0.717) is 15.0 Å². The predicted molar refractivity (Wildman–Crippen MR) is 76.2 cm³/mol. The first-order valence-corrected chi connectivity index (χ1v) is 6.40. The molecule has 7 heteroatoms. The van der Waals surface area contributed by atoms with Gasteiger partial charge in [-0.05, 0) is 34.7 Å². The number of nitrogen functional groups attached to an aromatic ring is 1. The number of aromatic amines is 1. The Hall–Kier alpha value is -1.09. The molecule has 17 heavy (non-hydrogen) atoms. The van der Waals surface area contributed by atoms with Crippen molar-refractivity contribution in [1.29, 1.82) is 0 Å². The summed E-state index contributed by atoms with van der Waals surface area (Å²) in [5, 5.41) is 0. The third-order valence-electron chi connectivity index (χ3n) is 1.87. The maximum absolute atomic E-state index is 11.3. The quantitative estimate of drug-likeness (QED) is 0.592. The van der Waals surface area contributed by atoms with Crippen molar-refractivity contribution in [2.75, 3.05) is 5.73 Å². The van der Waals surface area contributed by atoms with Crippen LogP contribution in [0.4, 0.5) is 5.69 Å². The molecule has 0 aliphatic carbocycles. The van der Waals surface area contributed by atoms with E-state index in [1.165, 1.54) is 6.33 Å². The number of H-pyrrole nitrogens is 1. The SMILES string of the molecule is Nc1cc(Br)cc(Oc2nc[nH]c(=O)c2I)c1. The van der Waals surface area contributed by atoms with Crippen LogP contribution < -0.4 is 16.0 Å². The van der Waals surface area contributed by atoms with Gasteiger partial charge in [0, 0.05) is 16.2 Å². The molecular weight excluding hydrogens is 401 g/mol. The van der Waals surface area contributed by atoms with Crippen LogP contribution in [0.15, 0.2) is 33.8 Å². The Morgan fingerprint density at radius 2 is 2.18 bits per heavy atom. The van der Waals surface area contributed by atoms with Gasteiger partial charge >= 0.3 is 0 Å². The first kappa shape index (κ1) is 12.4. The van der Waals surface area contributed by atoms with Crippen molar-refractivity contribution in [2.24, 2.45) is 0 Å². The van der Waals surface area contributed by atoms with E-state index in [4.69, 9.17) is 10.5 Å². The maximum Gasteiger partial charge on any atom is 0.268 e. The van der Waals surface area contributed by atoms with Gasteiger partial charge in [-0.15, -0.1) is 0 Å². The first-order valence-electron chi connectivity index (χ1n) is 4.53. The summed E-state index contributed by atoms with van der Waals surface area (Å²) in [4.78, 5) is 17.8. The minimum absolute atomic E-state index is 0.237. The third-order valence-corrected chi connectivity index (χ3v) is 3.28. The van der Waals surface area contributed by atoms with Gasteiger partial charge < -0.3 is 15.5 Å². The van der Waals surface area contributed by atoms with Gasteiger partial charge in [-0.3, -0.25) is 4.79 Å². The summed E-state index contributed by atoms with van der Waals surface area (Å²) >= 11 is 5.18. The lowest BCUT2D eigenvalue weighted by Gasteiger charge is -2.06. The molecule has 0 amide bonds. The summed E-state index contributed by atoms with van der Waals surface area (Å²) in [6.45, 7) is 0. The fourth-order valence-corrected chi connectivity index (χ4v) is 2.09. The molecule has 0 bridgehead atoms. The lowest BCUT2D eigenvalue weighted by atomic mass is 10.3. The molecule has 0 aliphatic heterocycles. The van der Waals surface area contributed by atoms with Crippen LogP contribution in [0.5, 0.6) is 11.6 Å². The molecule has 3 N–H and O–H groups in total. The van der Waals surface area contributed by atoms with E-state index in [2.05, 4.69) is 25.9 Å². The van der Waals surface area contributed by atoms with Crippen LogP contribution in [0, 0.1) is 3.57 Å². The number of nitrogens with zero attached hydrogens (tertiary/aromatic N) is 1. The van der Waals surface area contributed by atoms with Crippen LogP contribution in [0.3, 0.4) is 0 Å². The summed E-state index contributed by atoms with van der Waals surface area (Å²) in [5.74, 6) is 0.778. The molecule has 0 aliphatic rings.